The number of rotatable bonds is 4. The number of anilines is 1. The van der Waals surface area contributed by atoms with E-state index in [0.717, 1.165) is 0 Å². The summed E-state index contributed by atoms with van der Waals surface area (Å²) in [6, 6.07) is 6.97. The van der Waals surface area contributed by atoms with Crippen LogP contribution in [0, 0.1) is 0 Å². The molecule has 0 saturated carbocycles. The van der Waals surface area contributed by atoms with Gasteiger partial charge in [0.2, 0.25) is 5.91 Å². The van der Waals surface area contributed by atoms with Crippen molar-refractivity contribution in [1.29, 1.82) is 0 Å². The van der Waals surface area contributed by atoms with Crippen LogP contribution in [0.4, 0.5) is 5.69 Å². The maximum atomic E-state index is 11.8. The molecule has 1 aliphatic rings. The summed E-state index contributed by atoms with van der Waals surface area (Å²) in [5.41, 5.74) is 4.81. The van der Waals surface area contributed by atoms with Crippen molar-refractivity contribution in [3.8, 4) is 5.75 Å². The SMILES string of the molecule is COc1cccc(NC2(C(N)=O)CCCS(=O)(=O)C2)c1. The van der Waals surface area contributed by atoms with Gasteiger partial charge in [0.05, 0.1) is 18.6 Å². The first kappa shape index (κ1) is 14.6. The Morgan fingerprint density at radius 2 is 2.20 bits per heavy atom. The van der Waals surface area contributed by atoms with Crippen LogP contribution in [0.25, 0.3) is 0 Å². The zero-order valence-electron chi connectivity index (χ0n) is 11.3. The minimum absolute atomic E-state index is 0.0990. The number of hydrogen-bond donors (Lipinski definition) is 2. The van der Waals surface area contributed by atoms with E-state index in [0.29, 0.717) is 24.3 Å². The van der Waals surface area contributed by atoms with Gasteiger partial charge in [0.1, 0.15) is 11.3 Å². The van der Waals surface area contributed by atoms with Crippen molar-refractivity contribution >= 4 is 21.4 Å². The topological polar surface area (TPSA) is 98.5 Å². The van der Waals surface area contributed by atoms with Crippen LogP contribution in [0.5, 0.6) is 5.75 Å². The van der Waals surface area contributed by atoms with Crippen LogP contribution < -0.4 is 15.8 Å². The van der Waals surface area contributed by atoms with E-state index in [1.54, 1.807) is 24.3 Å². The van der Waals surface area contributed by atoms with E-state index in [4.69, 9.17) is 10.5 Å². The van der Waals surface area contributed by atoms with Gasteiger partial charge in [-0.2, -0.15) is 0 Å². The van der Waals surface area contributed by atoms with Gasteiger partial charge in [-0.3, -0.25) is 4.79 Å². The number of nitrogens with two attached hydrogens (primary N) is 1. The minimum atomic E-state index is -3.27. The number of sulfone groups is 1. The molecular weight excluding hydrogens is 280 g/mol. The Morgan fingerprint density at radius 3 is 2.80 bits per heavy atom. The Kier molecular flexibility index (Phi) is 3.89. The number of nitrogens with one attached hydrogen (secondary N) is 1. The van der Waals surface area contributed by atoms with E-state index in [-0.39, 0.29) is 11.5 Å². The highest BCUT2D eigenvalue weighted by Crippen LogP contribution is 2.28. The number of primary amides is 1. The molecule has 1 saturated heterocycles. The maximum absolute atomic E-state index is 11.8. The smallest absolute Gasteiger partial charge is 0.244 e. The lowest BCUT2D eigenvalue weighted by atomic mass is 9.94. The molecule has 6 nitrogen and oxygen atoms in total. The molecule has 7 heteroatoms. The summed E-state index contributed by atoms with van der Waals surface area (Å²) in [6.07, 6.45) is 0.820. The number of carbonyl (C=O) groups excluding carboxylic acids is 1. The number of methoxy groups -OCH3 is 1. The monoisotopic (exact) mass is 298 g/mol. The Hall–Kier alpha value is -1.76. The van der Waals surface area contributed by atoms with E-state index >= 15 is 0 Å². The standard InChI is InChI=1S/C13H18N2O4S/c1-19-11-5-2-4-10(8-11)15-13(12(14)16)6-3-7-20(17,18)9-13/h2,4-5,8,15H,3,6-7,9H2,1H3,(H2,14,16). The molecule has 1 atom stereocenters. The van der Waals surface area contributed by atoms with Crippen LogP contribution in [0.1, 0.15) is 12.8 Å². The van der Waals surface area contributed by atoms with Crippen LogP contribution in [0.2, 0.25) is 0 Å². The van der Waals surface area contributed by atoms with Gasteiger partial charge in [-0.05, 0) is 25.0 Å². The average Bonchev–Trinajstić information content (AvgIpc) is 2.37. The Labute approximate surface area is 118 Å². The third kappa shape index (κ3) is 3.04. The molecule has 3 N–H and O–H groups in total. The third-order valence-corrected chi connectivity index (χ3v) is 5.29. The first-order valence-corrected chi connectivity index (χ1v) is 8.12. The average molecular weight is 298 g/mol. The number of benzene rings is 1. The largest absolute Gasteiger partial charge is 0.497 e. The number of hydrogen-bond acceptors (Lipinski definition) is 5. The summed E-state index contributed by atoms with van der Waals surface area (Å²) in [6.45, 7) is 0. The molecule has 1 fully saturated rings. The minimum Gasteiger partial charge on any atom is -0.497 e. The highest BCUT2D eigenvalue weighted by Gasteiger charge is 2.44. The zero-order chi connectivity index (χ0) is 14.8. The maximum Gasteiger partial charge on any atom is 0.244 e. The molecule has 1 heterocycles. The van der Waals surface area contributed by atoms with E-state index in [2.05, 4.69) is 5.32 Å². The molecule has 0 aliphatic carbocycles. The summed E-state index contributed by atoms with van der Waals surface area (Å²) < 4.78 is 28.7. The Bertz CT molecular complexity index is 615. The third-order valence-electron chi connectivity index (χ3n) is 3.45. The predicted octanol–water partition coefficient (Wildman–Crippen LogP) is 0.540. The highest BCUT2D eigenvalue weighted by molar-refractivity contribution is 7.91. The van der Waals surface area contributed by atoms with Crippen LogP contribution in [0.3, 0.4) is 0 Å². The van der Waals surface area contributed by atoms with Gasteiger partial charge < -0.3 is 15.8 Å². The normalized spacial score (nSPS) is 24.9. The van der Waals surface area contributed by atoms with Gasteiger partial charge in [-0.25, -0.2) is 8.42 Å². The van der Waals surface area contributed by atoms with Crippen molar-refractivity contribution in [3.05, 3.63) is 24.3 Å². The van der Waals surface area contributed by atoms with Crippen molar-refractivity contribution in [2.45, 2.75) is 18.4 Å². The molecule has 1 aromatic carbocycles. The first-order valence-electron chi connectivity index (χ1n) is 6.29. The zero-order valence-corrected chi connectivity index (χ0v) is 12.1. The first-order chi connectivity index (χ1) is 9.37. The van der Waals surface area contributed by atoms with Crippen molar-refractivity contribution in [2.24, 2.45) is 5.73 Å². The lowest BCUT2D eigenvalue weighted by Crippen LogP contribution is -2.57. The highest BCUT2D eigenvalue weighted by atomic mass is 32.2. The molecule has 20 heavy (non-hydrogen) atoms. The molecule has 1 unspecified atom stereocenters. The van der Waals surface area contributed by atoms with Crippen LogP contribution >= 0.6 is 0 Å². The molecule has 0 spiro atoms. The molecule has 0 bridgehead atoms. The summed E-state index contributed by atoms with van der Waals surface area (Å²) in [5, 5.41) is 2.99. The van der Waals surface area contributed by atoms with Crippen molar-refractivity contribution in [1.82, 2.24) is 0 Å². The summed E-state index contributed by atoms with van der Waals surface area (Å²) in [4.78, 5) is 11.8. The van der Waals surface area contributed by atoms with Crippen molar-refractivity contribution in [3.63, 3.8) is 0 Å². The van der Waals surface area contributed by atoms with E-state index in [1.165, 1.54) is 7.11 Å². The molecular formula is C13H18N2O4S. The molecule has 110 valence electrons. The van der Waals surface area contributed by atoms with Crippen LogP contribution in [0.15, 0.2) is 24.3 Å². The second-order valence-corrected chi connectivity index (χ2v) is 7.18. The summed E-state index contributed by atoms with van der Waals surface area (Å²) >= 11 is 0. The second-order valence-electron chi connectivity index (χ2n) is 5.00. The predicted molar refractivity (Wildman–Crippen MR) is 76.4 cm³/mol. The fraction of sp³-hybridized carbons (Fsp3) is 0.462. The van der Waals surface area contributed by atoms with Crippen LogP contribution in [-0.2, 0) is 14.6 Å². The van der Waals surface area contributed by atoms with Crippen LogP contribution in [-0.4, -0.2) is 38.5 Å². The lowest BCUT2D eigenvalue weighted by molar-refractivity contribution is -0.122. The van der Waals surface area contributed by atoms with E-state index < -0.39 is 21.3 Å². The number of carbonyl (C=O) groups is 1. The fourth-order valence-corrected chi connectivity index (χ4v) is 4.28. The number of ether oxygens (including phenoxy) is 1. The molecule has 0 radical (unpaired) electrons. The van der Waals surface area contributed by atoms with Gasteiger partial charge in [-0.15, -0.1) is 0 Å². The Morgan fingerprint density at radius 1 is 1.45 bits per heavy atom. The fourth-order valence-electron chi connectivity index (χ4n) is 2.45. The molecule has 0 aromatic heterocycles. The quantitative estimate of drug-likeness (QED) is 0.845. The number of amides is 1. The van der Waals surface area contributed by atoms with Gasteiger partial charge in [0, 0.05) is 11.8 Å². The molecule has 2 rings (SSSR count). The molecule has 1 aliphatic heterocycles. The Balaban J connectivity index is 2.32. The molecule has 1 aromatic rings. The van der Waals surface area contributed by atoms with Gasteiger partial charge >= 0.3 is 0 Å². The van der Waals surface area contributed by atoms with Gasteiger partial charge in [0.15, 0.2) is 9.84 Å². The van der Waals surface area contributed by atoms with E-state index in [1.807, 2.05) is 0 Å². The van der Waals surface area contributed by atoms with E-state index in [9.17, 15) is 13.2 Å². The van der Waals surface area contributed by atoms with Crippen molar-refractivity contribution in [2.75, 3.05) is 23.9 Å². The molecule has 1 amide bonds. The van der Waals surface area contributed by atoms with Crippen molar-refractivity contribution < 1.29 is 17.9 Å². The summed E-state index contributed by atoms with van der Waals surface area (Å²) in [5.74, 6) is -0.203. The second kappa shape index (κ2) is 5.32. The summed E-state index contributed by atoms with van der Waals surface area (Å²) in [7, 11) is -1.73. The van der Waals surface area contributed by atoms with Gasteiger partial charge in [-0.1, -0.05) is 6.07 Å². The lowest BCUT2D eigenvalue weighted by Gasteiger charge is -2.35. The van der Waals surface area contributed by atoms with Gasteiger partial charge in [0.25, 0.3) is 0 Å².